The van der Waals surface area contributed by atoms with E-state index in [1.165, 1.54) is 10.8 Å². The zero-order valence-electron chi connectivity index (χ0n) is 23.5. The van der Waals surface area contributed by atoms with Crippen molar-refractivity contribution in [1.82, 2.24) is 15.0 Å². The second-order valence-corrected chi connectivity index (χ2v) is 10.9. The number of hydrogen-bond acceptors (Lipinski definition) is 6. The minimum absolute atomic E-state index is 0.572. The molecule has 0 saturated carbocycles. The molecule has 7 aromatic rings. The van der Waals surface area contributed by atoms with E-state index in [-0.39, 0.29) is 0 Å². The molecular weight excluding hydrogens is 678 g/mol. The summed E-state index contributed by atoms with van der Waals surface area (Å²) in [5.74, 6) is 0. The molecule has 4 aromatic carbocycles. The summed E-state index contributed by atoms with van der Waals surface area (Å²) in [5.41, 5.74) is 8.11. The lowest BCUT2D eigenvalue weighted by atomic mass is 10.1. The van der Waals surface area contributed by atoms with Gasteiger partial charge in [-0.1, -0.05) is 92.5 Å². The summed E-state index contributed by atoms with van der Waals surface area (Å²) in [6, 6.07) is 33.2. The number of fused-ring (bicyclic) bond motifs is 3. The van der Waals surface area contributed by atoms with Crippen molar-refractivity contribution in [3.8, 4) is 6.07 Å². The fraction of sp³-hybridized carbons (Fsp3) is 0.0278. The molecule has 216 valence electrons. The quantitative estimate of drug-likeness (QED) is 0.180. The molecule has 0 atom stereocenters. The molecule has 44 heavy (non-hydrogen) atoms. The first-order valence-electron chi connectivity index (χ1n) is 13.5. The van der Waals surface area contributed by atoms with Gasteiger partial charge in [-0.05, 0) is 58.1 Å². The summed E-state index contributed by atoms with van der Waals surface area (Å²) in [6.07, 6.45) is 11.6. The lowest BCUT2D eigenvalue weighted by molar-refractivity contribution is 0.112. The van der Waals surface area contributed by atoms with Crippen LogP contribution in [0.1, 0.15) is 21.5 Å². The van der Waals surface area contributed by atoms with Crippen molar-refractivity contribution in [2.45, 2.75) is 6.54 Å². The first-order chi connectivity index (χ1) is 21.5. The Morgan fingerprint density at radius 2 is 1.16 bits per heavy atom. The predicted octanol–water partition coefficient (Wildman–Crippen LogP) is 9.06. The monoisotopic (exact) mass is 703 g/mol. The van der Waals surface area contributed by atoms with Gasteiger partial charge in [-0.2, -0.15) is 5.26 Å². The summed E-state index contributed by atoms with van der Waals surface area (Å²) < 4.78 is 1.95. The standard InChI is InChI=1S/C10H10N2.C10H6N2.C9H6BrN.C7H5BrO/c2*11-6-9-3-1-2-8-4-5-12-7-10(8)9;10-9-3-1-2-7-4-5-11-6-8(7)9;8-7-4-2-1-3-6(7)5-9/h1-5,7H,6,11H2;1-5,7H;1-6H;1-5H. The van der Waals surface area contributed by atoms with Crippen molar-refractivity contribution in [3.63, 3.8) is 0 Å². The lowest BCUT2D eigenvalue weighted by Gasteiger charge is -2.01. The fourth-order valence-electron chi connectivity index (χ4n) is 4.21. The number of nitriles is 1. The summed E-state index contributed by atoms with van der Waals surface area (Å²) in [7, 11) is 0. The Morgan fingerprint density at radius 1 is 0.636 bits per heavy atom. The Labute approximate surface area is 272 Å². The van der Waals surface area contributed by atoms with Crippen LogP contribution in [0.15, 0.2) is 143 Å². The molecule has 0 unspecified atom stereocenters. The van der Waals surface area contributed by atoms with E-state index in [0.29, 0.717) is 17.7 Å². The van der Waals surface area contributed by atoms with Gasteiger partial charge in [0.15, 0.2) is 6.29 Å². The van der Waals surface area contributed by atoms with Crippen molar-refractivity contribution in [1.29, 1.82) is 5.26 Å². The fourth-order valence-corrected chi connectivity index (χ4v) is 5.07. The SMILES string of the molecule is Brc1cccc2ccncc12.N#Cc1cccc2ccncc12.NCc1cccc2ccncc12.O=Cc1ccccc1Br. The van der Waals surface area contributed by atoms with E-state index in [1.807, 2.05) is 85.2 Å². The van der Waals surface area contributed by atoms with Crippen LogP contribution >= 0.6 is 31.9 Å². The topological polar surface area (TPSA) is 106 Å². The van der Waals surface area contributed by atoms with E-state index in [1.54, 1.807) is 36.9 Å². The summed E-state index contributed by atoms with van der Waals surface area (Å²) in [5, 5.41) is 15.5. The second-order valence-electron chi connectivity index (χ2n) is 9.21. The van der Waals surface area contributed by atoms with E-state index in [4.69, 9.17) is 11.0 Å². The van der Waals surface area contributed by atoms with E-state index < -0.39 is 0 Å². The average Bonchev–Trinajstić information content (AvgIpc) is 3.09. The molecule has 0 aliphatic carbocycles. The number of hydrogen-bond donors (Lipinski definition) is 1. The van der Waals surface area contributed by atoms with E-state index in [2.05, 4.69) is 65.0 Å². The maximum atomic E-state index is 10.2. The van der Waals surface area contributed by atoms with Gasteiger partial charge in [-0.15, -0.1) is 0 Å². The van der Waals surface area contributed by atoms with Gasteiger partial charge in [0.25, 0.3) is 0 Å². The summed E-state index contributed by atoms with van der Waals surface area (Å²) >= 11 is 6.68. The van der Waals surface area contributed by atoms with Crippen LogP contribution < -0.4 is 5.73 Å². The molecule has 6 nitrogen and oxygen atoms in total. The molecule has 0 bridgehead atoms. The van der Waals surface area contributed by atoms with E-state index in [9.17, 15) is 4.79 Å². The van der Waals surface area contributed by atoms with Crippen molar-refractivity contribution in [2.75, 3.05) is 0 Å². The molecule has 0 aliphatic heterocycles. The number of benzene rings is 4. The predicted molar refractivity (Wildman–Crippen MR) is 185 cm³/mol. The molecular formula is C36H27Br2N5O. The number of nitrogens with two attached hydrogens (primary N) is 1. The van der Waals surface area contributed by atoms with Gasteiger partial charge < -0.3 is 5.73 Å². The van der Waals surface area contributed by atoms with Crippen LogP contribution in [0.5, 0.6) is 0 Å². The minimum Gasteiger partial charge on any atom is -0.326 e. The van der Waals surface area contributed by atoms with Gasteiger partial charge in [-0.25, -0.2) is 0 Å². The summed E-state index contributed by atoms with van der Waals surface area (Å²) in [4.78, 5) is 22.3. The van der Waals surface area contributed by atoms with Crippen molar-refractivity contribution < 1.29 is 4.79 Å². The Morgan fingerprint density at radius 3 is 1.73 bits per heavy atom. The highest BCUT2D eigenvalue weighted by atomic mass is 79.9. The molecule has 0 fully saturated rings. The van der Waals surface area contributed by atoms with Crippen LogP contribution in [0.25, 0.3) is 32.3 Å². The molecule has 8 heteroatoms. The molecule has 2 N–H and O–H groups in total. The highest BCUT2D eigenvalue weighted by Gasteiger charge is 1.98. The molecule has 7 rings (SSSR count). The smallest absolute Gasteiger partial charge is 0.151 e. The first-order valence-corrected chi connectivity index (χ1v) is 15.1. The normalized spacial score (nSPS) is 9.86. The average molecular weight is 705 g/mol. The van der Waals surface area contributed by atoms with Crippen molar-refractivity contribution >= 4 is 70.5 Å². The summed E-state index contributed by atoms with van der Waals surface area (Å²) in [6.45, 7) is 0.572. The number of halogens is 2. The van der Waals surface area contributed by atoms with Gasteiger partial charge in [-0.3, -0.25) is 19.7 Å². The number of aromatic nitrogens is 3. The Hall–Kier alpha value is -4.81. The maximum absolute atomic E-state index is 10.2. The number of carbonyl (C=O) groups is 1. The Kier molecular flexibility index (Phi) is 12.2. The number of aldehydes is 1. The molecule has 3 heterocycles. The van der Waals surface area contributed by atoms with Gasteiger partial charge >= 0.3 is 0 Å². The molecule has 3 aromatic heterocycles. The van der Waals surface area contributed by atoms with Crippen LogP contribution in [0.2, 0.25) is 0 Å². The molecule has 0 radical (unpaired) electrons. The molecule has 0 aliphatic rings. The van der Waals surface area contributed by atoms with Crippen LogP contribution in [0.4, 0.5) is 0 Å². The van der Waals surface area contributed by atoms with Crippen LogP contribution in [0.3, 0.4) is 0 Å². The lowest BCUT2D eigenvalue weighted by Crippen LogP contribution is -1.96. The Bertz CT molecular complexity index is 2030. The van der Waals surface area contributed by atoms with Crippen LogP contribution in [-0.4, -0.2) is 21.2 Å². The zero-order valence-corrected chi connectivity index (χ0v) is 26.7. The number of rotatable bonds is 2. The van der Waals surface area contributed by atoms with Crippen LogP contribution in [0, 0.1) is 11.3 Å². The highest BCUT2D eigenvalue weighted by molar-refractivity contribution is 9.11. The van der Waals surface area contributed by atoms with Gasteiger partial charge in [0.1, 0.15) is 0 Å². The third-order valence-corrected chi connectivity index (χ3v) is 7.87. The number of nitrogens with zero attached hydrogens (tertiary/aromatic N) is 4. The minimum atomic E-state index is 0.572. The largest absolute Gasteiger partial charge is 0.326 e. The van der Waals surface area contributed by atoms with Gasteiger partial charge in [0.2, 0.25) is 0 Å². The second kappa shape index (κ2) is 16.7. The Balaban J connectivity index is 0.000000135. The van der Waals surface area contributed by atoms with E-state index in [0.717, 1.165) is 42.3 Å². The number of carbonyl (C=O) groups excluding carboxylic acids is 1. The molecule has 0 amide bonds. The highest BCUT2D eigenvalue weighted by Crippen LogP contribution is 2.22. The van der Waals surface area contributed by atoms with Crippen molar-refractivity contribution in [3.05, 3.63) is 160 Å². The zero-order chi connectivity index (χ0) is 31.1. The number of pyridine rings is 3. The maximum Gasteiger partial charge on any atom is 0.151 e. The van der Waals surface area contributed by atoms with Gasteiger partial charge in [0.05, 0.1) is 11.6 Å². The van der Waals surface area contributed by atoms with Crippen molar-refractivity contribution in [2.24, 2.45) is 5.73 Å². The molecule has 0 spiro atoms. The third-order valence-electron chi connectivity index (χ3n) is 6.46. The van der Waals surface area contributed by atoms with Gasteiger partial charge in [0, 0.05) is 74.4 Å². The van der Waals surface area contributed by atoms with Crippen LogP contribution in [-0.2, 0) is 6.54 Å². The third kappa shape index (κ3) is 8.62. The molecule has 0 saturated heterocycles. The first kappa shape index (κ1) is 32.1. The van der Waals surface area contributed by atoms with E-state index >= 15 is 0 Å².